The molecular weight excluding hydrogens is 766 g/mol. The maximum Gasteiger partial charge on any atom is 0.509 e. The molecule has 10 rings (SSSR count). The molecule has 5 heterocycles. The van der Waals surface area contributed by atoms with Crippen LogP contribution in [0.5, 0.6) is 0 Å². The van der Waals surface area contributed by atoms with Gasteiger partial charge in [0.1, 0.15) is 34.6 Å². The smallest absolute Gasteiger partial charge is 0.429 e. The van der Waals surface area contributed by atoms with Gasteiger partial charge in [-0.15, -0.1) is 0 Å². The van der Waals surface area contributed by atoms with E-state index in [0.29, 0.717) is 30.5 Å². The molecule has 6 fully saturated rings. The molecule has 5 aliphatic heterocycles. The number of halogens is 6. The minimum atomic E-state index is -4.71. The lowest BCUT2D eigenvalue weighted by molar-refractivity contribution is -0.366. The number of fused-ring (bicyclic) bond motifs is 2. The second-order valence-electron chi connectivity index (χ2n) is 17.4. The van der Waals surface area contributed by atoms with Crippen molar-refractivity contribution in [3.8, 4) is 0 Å². The van der Waals surface area contributed by atoms with Gasteiger partial charge < -0.3 is 33.2 Å². The number of benzene rings is 2. The van der Waals surface area contributed by atoms with Gasteiger partial charge in [-0.1, -0.05) is 32.9 Å². The number of carbonyl (C=O) groups excluding carboxylic acids is 3. The average Bonchev–Trinajstić information content (AvgIpc) is 4.00. The third kappa shape index (κ3) is 5.17. The first-order valence-corrected chi connectivity index (χ1v) is 18.7. The molecule has 9 atom stereocenters. The monoisotopic (exact) mass is 804 g/mol. The van der Waals surface area contributed by atoms with Crippen LogP contribution >= 0.6 is 0 Å². The summed E-state index contributed by atoms with van der Waals surface area (Å²) in [6.07, 6.45) is -11.9. The molecule has 8 aliphatic rings. The van der Waals surface area contributed by atoms with Crippen molar-refractivity contribution in [2.45, 2.75) is 120 Å². The lowest BCUT2D eigenvalue weighted by Crippen LogP contribution is -2.84. The molecule has 0 aromatic heterocycles. The van der Waals surface area contributed by atoms with Gasteiger partial charge in [0.2, 0.25) is 0 Å². The van der Waals surface area contributed by atoms with E-state index in [-0.39, 0.29) is 34.8 Å². The molecule has 0 amide bonds. The van der Waals surface area contributed by atoms with E-state index in [4.69, 9.17) is 33.2 Å². The van der Waals surface area contributed by atoms with E-state index < -0.39 is 105 Å². The number of allylic oxidation sites excluding steroid dienone is 1. The van der Waals surface area contributed by atoms with Crippen LogP contribution < -0.4 is 0 Å². The summed E-state index contributed by atoms with van der Waals surface area (Å²) in [5.41, 5.74) is -6.67. The Morgan fingerprint density at radius 1 is 0.842 bits per heavy atom. The van der Waals surface area contributed by atoms with Gasteiger partial charge in [0.25, 0.3) is 0 Å². The Bertz CT molecular complexity index is 2160. The quantitative estimate of drug-likeness (QED) is 0.0959. The number of rotatable bonds is 5. The van der Waals surface area contributed by atoms with Crippen molar-refractivity contribution in [1.82, 2.24) is 0 Å². The highest BCUT2D eigenvalue weighted by Crippen LogP contribution is 2.83. The van der Waals surface area contributed by atoms with E-state index in [1.807, 2.05) is 20.8 Å². The van der Waals surface area contributed by atoms with Gasteiger partial charge in [-0.2, -0.15) is 26.3 Å². The molecule has 304 valence electrons. The highest BCUT2D eigenvalue weighted by atomic mass is 19.4. The summed E-state index contributed by atoms with van der Waals surface area (Å²) in [7, 11) is 0. The van der Waals surface area contributed by atoms with Crippen molar-refractivity contribution in [2.75, 3.05) is 0 Å². The fraction of sp³-hybridized carbons (Fsp3) is 0.537. The summed E-state index contributed by atoms with van der Waals surface area (Å²) < 4.78 is 124. The van der Waals surface area contributed by atoms with Crippen LogP contribution in [-0.2, 0) is 50.3 Å². The molecule has 16 heteroatoms. The van der Waals surface area contributed by atoms with E-state index in [0.717, 1.165) is 36.4 Å². The van der Waals surface area contributed by atoms with Crippen LogP contribution in [0.25, 0.3) is 5.76 Å². The Hall–Kier alpha value is -4.41. The normalized spacial score (nSPS) is 36.7. The van der Waals surface area contributed by atoms with Gasteiger partial charge in [-0.05, 0) is 75.9 Å². The van der Waals surface area contributed by atoms with Gasteiger partial charge in [0, 0.05) is 34.5 Å². The van der Waals surface area contributed by atoms with Gasteiger partial charge in [-0.3, -0.25) is 0 Å². The second kappa shape index (κ2) is 11.6. The van der Waals surface area contributed by atoms with Crippen LogP contribution in [0.15, 0.2) is 65.4 Å². The van der Waals surface area contributed by atoms with Gasteiger partial charge in [0.15, 0.2) is 17.6 Å². The number of esters is 2. The Balaban J connectivity index is 1.14. The molecule has 1 unspecified atom stereocenters. The summed E-state index contributed by atoms with van der Waals surface area (Å²) in [6, 6.07) is 6.86. The van der Waals surface area contributed by atoms with E-state index in [1.54, 1.807) is 20.8 Å². The topological polar surface area (TPSA) is 122 Å². The van der Waals surface area contributed by atoms with Crippen LogP contribution in [0.3, 0.4) is 0 Å². The minimum absolute atomic E-state index is 0.0675. The van der Waals surface area contributed by atoms with Gasteiger partial charge in [0.05, 0.1) is 22.8 Å². The van der Waals surface area contributed by atoms with Crippen molar-refractivity contribution < 1.29 is 73.9 Å². The molecule has 2 bridgehead atoms. The summed E-state index contributed by atoms with van der Waals surface area (Å²) in [5.74, 6) is -3.31. The molecule has 2 spiro atoms. The van der Waals surface area contributed by atoms with Crippen molar-refractivity contribution in [2.24, 2.45) is 17.3 Å². The number of alkyl halides is 6. The third-order valence-electron chi connectivity index (χ3n) is 12.9. The summed E-state index contributed by atoms with van der Waals surface area (Å²) >= 11 is 0. The van der Waals surface area contributed by atoms with Crippen molar-refractivity contribution >= 4 is 23.9 Å². The van der Waals surface area contributed by atoms with Crippen molar-refractivity contribution in [1.29, 1.82) is 0 Å². The Kier molecular flexibility index (Phi) is 7.77. The van der Waals surface area contributed by atoms with Crippen LogP contribution in [-0.4, -0.2) is 64.9 Å². The zero-order valence-electron chi connectivity index (χ0n) is 31.6. The first kappa shape index (κ1) is 38.1. The summed E-state index contributed by atoms with van der Waals surface area (Å²) in [4.78, 5) is 40.6. The summed E-state index contributed by atoms with van der Waals surface area (Å²) in [6.45, 7) is 11.1. The number of hydrogen-bond acceptors (Lipinski definition) is 10. The Morgan fingerprint density at radius 2 is 1.42 bits per heavy atom. The van der Waals surface area contributed by atoms with Crippen LogP contribution in [0.4, 0.5) is 31.1 Å². The maximum atomic E-state index is 13.7. The molecule has 2 aromatic rings. The first-order valence-electron chi connectivity index (χ1n) is 18.7. The largest absolute Gasteiger partial charge is 0.509 e. The molecular formula is C41H38F6O10. The fourth-order valence-corrected chi connectivity index (χ4v) is 10.5. The first-order chi connectivity index (χ1) is 26.5. The lowest BCUT2D eigenvalue weighted by atomic mass is 9.41. The van der Waals surface area contributed by atoms with E-state index in [1.165, 1.54) is 0 Å². The number of epoxide rings is 2. The number of ether oxygens (including phenoxy) is 7. The highest BCUT2D eigenvalue weighted by Gasteiger charge is 2.99. The van der Waals surface area contributed by atoms with Gasteiger partial charge in [-0.25, -0.2) is 14.4 Å². The number of cyclic esters (lactones) is 1. The zero-order chi connectivity index (χ0) is 41.0. The zero-order valence-corrected chi connectivity index (χ0v) is 31.6. The Labute approximate surface area is 322 Å². The second-order valence-corrected chi connectivity index (χ2v) is 17.4. The standard InChI is InChI=1S/C41H38F6O10/c1-18(2)38-29(55-38)30-39(56-30)36(6)16-15-23-25(26(36)24-17-37(39,54-24)33(38)53-34(50)57-35(3,4)5)28(52-32(23)49)27(19-7-11-21(12-8-19)40(42,43)44)51-31(48)20-9-13-22(14-10-20)41(45,46)47/h7-14,18,24,26,29-30,33H,15-17H2,1-6H3/b28-27+/t24?,26-,29-,30-,33-,36-,37+,38-,39+/m0/s1. The average molecular weight is 805 g/mol. The van der Waals surface area contributed by atoms with Crippen molar-refractivity contribution in [3.05, 3.63) is 87.7 Å². The molecule has 10 nitrogen and oxygen atoms in total. The predicted octanol–water partition coefficient (Wildman–Crippen LogP) is 8.33. The maximum absolute atomic E-state index is 13.7. The minimum Gasteiger partial charge on any atom is -0.429 e. The van der Waals surface area contributed by atoms with Crippen LogP contribution in [0, 0.1) is 17.3 Å². The van der Waals surface area contributed by atoms with E-state index in [2.05, 4.69) is 0 Å². The van der Waals surface area contributed by atoms with Crippen LogP contribution in [0.2, 0.25) is 0 Å². The fourth-order valence-electron chi connectivity index (χ4n) is 10.5. The third-order valence-corrected chi connectivity index (χ3v) is 12.9. The lowest BCUT2D eigenvalue weighted by Gasteiger charge is -2.70. The molecule has 0 N–H and O–H groups in total. The molecule has 2 aromatic carbocycles. The summed E-state index contributed by atoms with van der Waals surface area (Å²) in [5, 5.41) is 0. The molecule has 3 aliphatic carbocycles. The molecule has 2 saturated carbocycles. The predicted molar refractivity (Wildman–Crippen MR) is 183 cm³/mol. The van der Waals surface area contributed by atoms with E-state index >= 15 is 0 Å². The van der Waals surface area contributed by atoms with E-state index in [9.17, 15) is 40.7 Å². The number of hydrogen-bond donors (Lipinski definition) is 0. The Morgan fingerprint density at radius 3 is 1.96 bits per heavy atom. The highest BCUT2D eigenvalue weighted by molar-refractivity contribution is 5.99. The SMILES string of the molecule is CC(C)[C@]12O[C@H]1[C@@H]1O[C@@]13[C@@]1(C)CCC4=C(/C(=C(\OC(=O)c5ccc(C(F)(F)F)cc5)c5ccc(C(F)(F)F)cc5)OC4=O)[C@@H]1C1C[C@@]3(O1)[C@@H]2OC(=O)OC(C)(C)C. The van der Waals surface area contributed by atoms with Crippen molar-refractivity contribution in [3.63, 3.8) is 0 Å². The molecule has 4 saturated heterocycles. The number of carbonyl (C=O) groups is 3. The van der Waals surface area contributed by atoms with Crippen LogP contribution in [0.1, 0.15) is 87.9 Å². The molecule has 57 heavy (non-hydrogen) atoms. The van der Waals surface area contributed by atoms with Gasteiger partial charge >= 0.3 is 30.4 Å². The molecule has 0 radical (unpaired) electrons.